The van der Waals surface area contributed by atoms with Gasteiger partial charge in [0, 0.05) is 5.56 Å². The Morgan fingerprint density at radius 3 is 2.39 bits per heavy atom. The van der Waals surface area contributed by atoms with Gasteiger partial charge in [0.15, 0.2) is 0 Å². The Bertz CT molecular complexity index is 764. The molecule has 28 heavy (non-hydrogen) atoms. The van der Waals surface area contributed by atoms with Crippen molar-refractivity contribution in [2.45, 2.75) is 70.4 Å². The summed E-state index contributed by atoms with van der Waals surface area (Å²) in [6, 6.07) is 11.1. The number of rotatable bonds is 6. The fourth-order valence-electron chi connectivity index (χ4n) is 4.57. The first-order valence-corrected chi connectivity index (χ1v) is 10.4. The molecule has 0 spiro atoms. The molecular weight excluding hydrogens is 364 g/mol. The largest absolute Gasteiger partial charge is 0.419 e. The molecule has 0 amide bonds. The van der Waals surface area contributed by atoms with Crippen LogP contribution in [0.4, 0.5) is 17.6 Å². The van der Waals surface area contributed by atoms with E-state index >= 15 is 4.39 Å². The number of benzene rings is 2. The second-order valence-electron chi connectivity index (χ2n) is 7.98. The van der Waals surface area contributed by atoms with Crippen molar-refractivity contribution in [1.82, 2.24) is 0 Å². The lowest BCUT2D eigenvalue weighted by Gasteiger charge is -2.31. The third-order valence-electron chi connectivity index (χ3n) is 5.98. The molecule has 1 saturated carbocycles. The second kappa shape index (κ2) is 9.11. The molecule has 0 saturated heterocycles. The van der Waals surface area contributed by atoms with Crippen LogP contribution in [0.3, 0.4) is 0 Å². The van der Waals surface area contributed by atoms with E-state index in [9.17, 15) is 13.2 Å². The predicted octanol–water partition coefficient (Wildman–Crippen LogP) is 8.37. The zero-order chi connectivity index (χ0) is 20.1. The van der Waals surface area contributed by atoms with Crippen molar-refractivity contribution in [3.8, 4) is 11.1 Å². The lowest BCUT2D eigenvalue weighted by atomic mass is 9.74. The van der Waals surface area contributed by atoms with Crippen LogP contribution in [-0.2, 0) is 6.18 Å². The van der Waals surface area contributed by atoms with Crippen molar-refractivity contribution < 1.29 is 17.6 Å². The Labute approximate surface area is 165 Å². The van der Waals surface area contributed by atoms with Gasteiger partial charge in [0.1, 0.15) is 5.82 Å². The fraction of sp³-hybridized carbons (Fsp3) is 0.500. The molecule has 1 aliphatic carbocycles. The molecule has 0 aliphatic heterocycles. The summed E-state index contributed by atoms with van der Waals surface area (Å²) in [6.07, 6.45) is 4.13. The van der Waals surface area contributed by atoms with Gasteiger partial charge in [-0.05, 0) is 41.9 Å². The Hall–Kier alpha value is -1.84. The molecule has 0 heterocycles. The molecule has 4 heteroatoms. The minimum absolute atomic E-state index is 0.118. The van der Waals surface area contributed by atoms with Crippen molar-refractivity contribution in [2.75, 3.05) is 0 Å². The number of halogens is 4. The highest BCUT2D eigenvalue weighted by Crippen LogP contribution is 2.45. The maximum Gasteiger partial charge on any atom is 0.419 e. The summed E-state index contributed by atoms with van der Waals surface area (Å²) >= 11 is 0. The van der Waals surface area contributed by atoms with Crippen molar-refractivity contribution in [3.05, 3.63) is 59.4 Å². The van der Waals surface area contributed by atoms with Crippen LogP contribution in [-0.4, -0.2) is 0 Å². The van der Waals surface area contributed by atoms with Crippen LogP contribution in [0.25, 0.3) is 11.1 Å². The number of alkyl halides is 3. The summed E-state index contributed by atoms with van der Waals surface area (Å²) in [5, 5.41) is 0. The highest BCUT2D eigenvalue weighted by molar-refractivity contribution is 5.70. The SMILES string of the molecule is CCCCCC1CCCC(c2ccc(C(F)(F)F)c(F)c2-c2ccccc2)C1. The van der Waals surface area contributed by atoms with Crippen molar-refractivity contribution in [3.63, 3.8) is 0 Å². The van der Waals surface area contributed by atoms with E-state index in [0.29, 0.717) is 11.5 Å². The van der Waals surface area contributed by atoms with Gasteiger partial charge in [-0.25, -0.2) is 4.39 Å². The first-order valence-electron chi connectivity index (χ1n) is 10.4. The summed E-state index contributed by atoms with van der Waals surface area (Å²) in [5.74, 6) is -0.434. The lowest BCUT2D eigenvalue weighted by molar-refractivity contribution is -0.139. The minimum atomic E-state index is -4.69. The molecule has 1 fully saturated rings. The molecule has 0 N–H and O–H groups in total. The van der Waals surface area contributed by atoms with Gasteiger partial charge >= 0.3 is 6.18 Å². The molecule has 1 aliphatic rings. The third kappa shape index (κ3) is 4.76. The molecule has 3 rings (SSSR count). The zero-order valence-electron chi connectivity index (χ0n) is 16.4. The van der Waals surface area contributed by atoms with Gasteiger partial charge in [0.25, 0.3) is 0 Å². The van der Waals surface area contributed by atoms with Crippen molar-refractivity contribution in [1.29, 1.82) is 0 Å². The molecule has 2 unspecified atom stereocenters. The van der Waals surface area contributed by atoms with E-state index in [2.05, 4.69) is 6.92 Å². The Kier molecular flexibility index (Phi) is 6.79. The smallest absolute Gasteiger partial charge is 0.206 e. The molecule has 0 radical (unpaired) electrons. The summed E-state index contributed by atoms with van der Waals surface area (Å²) in [5.41, 5.74) is 0.214. The summed E-state index contributed by atoms with van der Waals surface area (Å²) in [4.78, 5) is 0. The van der Waals surface area contributed by atoms with Crippen LogP contribution < -0.4 is 0 Å². The van der Waals surface area contributed by atoms with Gasteiger partial charge < -0.3 is 0 Å². The fourth-order valence-corrected chi connectivity index (χ4v) is 4.57. The average molecular weight is 392 g/mol. The van der Waals surface area contributed by atoms with Gasteiger partial charge in [-0.1, -0.05) is 81.8 Å². The van der Waals surface area contributed by atoms with Gasteiger partial charge in [-0.2, -0.15) is 13.2 Å². The Morgan fingerprint density at radius 1 is 0.964 bits per heavy atom. The summed E-state index contributed by atoms with van der Waals surface area (Å²) in [7, 11) is 0. The second-order valence-corrected chi connectivity index (χ2v) is 7.98. The molecule has 0 bridgehead atoms. The topological polar surface area (TPSA) is 0 Å². The van der Waals surface area contributed by atoms with E-state index in [4.69, 9.17) is 0 Å². The highest BCUT2D eigenvalue weighted by atomic mass is 19.4. The number of unbranched alkanes of at least 4 members (excludes halogenated alkanes) is 2. The maximum atomic E-state index is 15.1. The third-order valence-corrected chi connectivity index (χ3v) is 5.98. The Balaban J connectivity index is 1.97. The minimum Gasteiger partial charge on any atom is -0.206 e. The molecule has 152 valence electrons. The van der Waals surface area contributed by atoms with Crippen LogP contribution >= 0.6 is 0 Å². The molecule has 2 aromatic carbocycles. The van der Waals surface area contributed by atoms with Crippen LogP contribution in [0.15, 0.2) is 42.5 Å². The van der Waals surface area contributed by atoms with E-state index in [-0.39, 0.29) is 11.5 Å². The molecule has 0 aromatic heterocycles. The molecule has 2 aromatic rings. The number of hydrogen-bond acceptors (Lipinski definition) is 0. The Morgan fingerprint density at radius 2 is 1.71 bits per heavy atom. The van der Waals surface area contributed by atoms with Gasteiger partial charge in [-0.3, -0.25) is 0 Å². The van der Waals surface area contributed by atoms with Gasteiger partial charge in [0.2, 0.25) is 0 Å². The maximum absolute atomic E-state index is 15.1. The standard InChI is InChI=1S/C24H28F4/c1-2-3-5-9-17-10-8-13-19(16-17)20-14-15-21(24(26,27)28)23(25)22(20)18-11-6-4-7-12-18/h4,6-7,11-12,14-15,17,19H,2-3,5,8-10,13,16H2,1H3. The van der Waals surface area contributed by atoms with Crippen molar-refractivity contribution in [2.24, 2.45) is 5.92 Å². The van der Waals surface area contributed by atoms with Crippen LogP contribution in [0, 0.1) is 11.7 Å². The first-order chi connectivity index (χ1) is 13.4. The number of hydrogen-bond donors (Lipinski definition) is 0. The van der Waals surface area contributed by atoms with Gasteiger partial charge in [-0.15, -0.1) is 0 Å². The molecular formula is C24H28F4. The van der Waals surface area contributed by atoms with E-state index in [1.165, 1.54) is 31.7 Å². The van der Waals surface area contributed by atoms with Crippen LogP contribution in [0.1, 0.15) is 75.3 Å². The van der Waals surface area contributed by atoms with Gasteiger partial charge in [0.05, 0.1) is 5.56 Å². The highest BCUT2D eigenvalue weighted by Gasteiger charge is 2.37. The first kappa shape index (κ1) is 20.9. The monoisotopic (exact) mass is 392 g/mol. The average Bonchev–Trinajstić information content (AvgIpc) is 2.68. The predicted molar refractivity (Wildman–Crippen MR) is 106 cm³/mol. The van der Waals surface area contributed by atoms with E-state index in [1.54, 1.807) is 30.3 Å². The summed E-state index contributed by atoms with van der Waals surface area (Å²) in [6.45, 7) is 2.18. The van der Waals surface area contributed by atoms with E-state index in [0.717, 1.165) is 37.3 Å². The lowest BCUT2D eigenvalue weighted by Crippen LogP contribution is -2.17. The van der Waals surface area contributed by atoms with E-state index in [1.807, 2.05) is 0 Å². The van der Waals surface area contributed by atoms with E-state index < -0.39 is 17.6 Å². The van der Waals surface area contributed by atoms with Crippen LogP contribution in [0.2, 0.25) is 0 Å². The summed E-state index contributed by atoms with van der Waals surface area (Å²) < 4.78 is 55.0. The van der Waals surface area contributed by atoms with Crippen molar-refractivity contribution >= 4 is 0 Å². The molecule has 2 atom stereocenters. The quantitative estimate of drug-likeness (QED) is 0.342. The van der Waals surface area contributed by atoms with Crippen LogP contribution in [0.5, 0.6) is 0 Å². The molecule has 0 nitrogen and oxygen atoms in total. The zero-order valence-corrected chi connectivity index (χ0v) is 16.4. The normalized spacial score (nSPS) is 20.3.